The molecular weight excluding hydrogens is 707 g/mol. The first-order chi connectivity index (χ1) is 27.3. The number of aromatic nitrogens is 4. The first kappa shape index (κ1) is 38.0. The van der Waals surface area contributed by atoms with E-state index in [1.54, 1.807) is 29.1 Å². The van der Waals surface area contributed by atoms with Crippen LogP contribution in [0, 0.1) is 13.8 Å². The van der Waals surface area contributed by atoms with Crippen molar-refractivity contribution in [2.24, 2.45) is 0 Å². The second-order valence-corrected chi connectivity index (χ2v) is 13.8. The average Bonchev–Trinajstić information content (AvgIpc) is 3.61. The van der Waals surface area contributed by atoms with Crippen LogP contribution in [0.15, 0.2) is 97.2 Å². The van der Waals surface area contributed by atoms with Gasteiger partial charge in [-0.15, -0.1) is 0 Å². The molecule has 0 unspecified atom stereocenters. The number of hydrogen-bond acceptors (Lipinski definition) is 9. The van der Waals surface area contributed by atoms with E-state index in [0.29, 0.717) is 41.2 Å². The number of unbranched alkanes of at least 4 members (excludes halogenated alkanes) is 1. The normalized spacial score (nSPS) is 13.0. The number of benzene rings is 4. The van der Waals surface area contributed by atoms with Crippen molar-refractivity contribution >= 4 is 45.9 Å². The van der Waals surface area contributed by atoms with Crippen LogP contribution in [0.2, 0.25) is 0 Å². The molecule has 0 spiro atoms. The van der Waals surface area contributed by atoms with Gasteiger partial charge in [-0.1, -0.05) is 55.3 Å². The SMILES string of the molecule is CCCCc1cc(NC(=O)Nc2ccc(Oc3ccnc(Nc4ccc(C(=O)NCCN5CCOCC5)cc4C)n3)c3ccccc23)n(-c2ccc(C)cc2)n1. The van der Waals surface area contributed by atoms with Crippen molar-refractivity contribution in [2.75, 3.05) is 55.3 Å². The van der Waals surface area contributed by atoms with Crippen LogP contribution in [-0.2, 0) is 11.2 Å². The van der Waals surface area contributed by atoms with Crippen molar-refractivity contribution in [1.82, 2.24) is 30.0 Å². The van der Waals surface area contributed by atoms with Gasteiger partial charge in [-0.25, -0.2) is 14.5 Å². The summed E-state index contributed by atoms with van der Waals surface area (Å²) in [4.78, 5) is 37.6. The fourth-order valence-corrected chi connectivity index (χ4v) is 6.51. The second-order valence-electron chi connectivity index (χ2n) is 13.8. The smallest absolute Gasteiger partial charge is 0.324 e. The van der Waals surface area contributed by atoms with Gasteiger partial charge in [0, 0.05) is 66.5 Å². The maximum Gasteiger partial charge on any atom is 0.324 e. The highest BCUT2D eigenvalue weighted by atomic mass is 16.5. The fourth-order valence-electron chi connectivity index (χ4n) is 6.51. The molecule has 56 heavy (non-hydrogen) atoms. The number of hydrogen-bond donors (Lipinski definition) is 4. The number of nitrogens with one attached hydrogen (secondary N) is 4. The molecule has 1 aliphatic heterocycles. The zero-order valence-electron chi connectivity index (χ0n) is 32.0. The summed E-state index contributed by atoms with van der Waals surface area (Å²) >= 11 is 0. The highest BCUT2D eigenvalue weighted by Gasteiger charge is 2.16. The summed E-state index contributed by atoms with van der Waals surface area (Å²) in [6.07, 6.45) is 4.50. The highest BCUT2D eigenvalue weighted by molar-refractivity contribution is 6.07. The Hall–Kier alpha value is -6.31. The van der Waals surface area contributed by atoms with Gasteiger partial charge >= 0.3 is 6.03 Å². The number of nitrogens with zero attached hydrogens (tertiary/aromatic N) is 5. The van der Waals surface area contributed by atoms with Crippen LogP contribution in [-0.4, -0.2) is 76.0 Å². The molecule has 13 nitrogen and oxygen atoms in total. The molecule has 13 heteroatoms. The lowest BCUT2D eigenvalue weighted by molar-refractivity contribution is 0.0383. The minimum atomic E-state index is -0.390. The minimum Gasteiger partial charge on any atom is -0.438 e. The molecule has 0 saturated carbocycles. The van der Waals surface area contributed by atoms with Gasteiger partial charge in [0.05, 0.1) is 30.3 Å². The average molecular weight is 754 g/mol. The molecule has 6 aromatic rings. The quantitative estimate of drug-likeness (QED) is 0.0868. The van der Waals surface area contributed by atoms with E-state index in [0.717, 1.165) is 91.1 Å². The van der Waals surface area contributed by atoms with Gasteiger partial charge in [-0.3, -0.25) is 15.0 Å². The molecule has 0 radical (unpaired) electrons. The van der Waals surface area contributed by atoms with Crippen molar-refractivity contribution in [1.29, 1.82) is 0 Å². The maximum absolute atomic E-state index is 13.5. The highest BCUT2D eigenvalue weighted by Crippen LogP contribution is 2.34. The Morgan fingerprint density at radius 3 is 2.45 bits per heavy atom. The van der Waals surface area contributed by atoms with Crippen LogP contribution >= 0.6 is 0 Å². The number of carbonyl (C=O) groups excluding carboxylic acids is 2. The van der Waals surface area contributed by atoms with Crippen molar-refractivity contribution < 1.29 is 19.1 Å². The largest absolute Gasteiger partial charge is 0.438 e. The number of fused-ring (bicyclic) bond motifs is 1. The molecular formula is C43H47N9O4. The van der Waals surface area contributed by atoms with Crippen molar-refractivity contribution in [3.8, 4) is 17.3 Å². The van der Waals surface area contributed by atoms with Gasteiger partial charge in [0.2, 0.25) is 11.8 Å². The Kier molecular flexibility index (Phi) is 12.1. The lowest BCUT2D eigenvalue weighted by Crippen LogP contribution is -2.41. The lowest BCUT2D eigenvalue weighted by Gasteiger charge is -2.26. The van der Waals surface area contributed by atoms with E-state index in [2.05, 4.69) is 43.1 Å². The van der Waals surface area contributed by atoms with Gasteiger partial charge in [-0.05, 0) is 74.7 Å². The molecule has 4 N–H and O–H groups in total. The van der Waals surface area contributed by atoms with E-state index in [1.807, 2.05) is 86.6 Å². The number of amides is 3. The summed E-state index contributed by atoms with van der Waals surface area (Å²) in [6, 6.07) is 28.1. The Morgan fingerprint density at radius 1 is 0.875 bits per heavy atom. The molecule has 3 amide bonds. The summed E-state index contributed by atoms with van der Waals surface area (Å²) in [7, 11) is 0. The molecule has 1 fully saturated rings. The van der Waals surface area contributed by atoms with Gasteiger partial charge < -0.3 is 25.4 Å². The molecule has 0 atom stereocenters. The molecule has 288 valence electrons. The molecule has 3 heterocycles. The summed E-state index contributed by atoms with van der Waals surface area (Å²) < 4.78 is 13.5. The first-order valence-corrected chi connectivity index (χ1v) is 19.1. The van der Waals surface area contributed by atoms with Gasteiger partial charge in [0.15, 0.2) is 0 Å². The van der Waals surface area contributed by atoms with Gasteiger partial charge in [0.1, 0.15) is 11.6 Å². The van der Waals surface area contributed by atoms with E-state index in [1.165, 1.54) is 0 Å². The molecule has 0 aliphatic carbocycles. The standard InChI is InChI=1S/C43H47N9O4/c1-4-5-8-32-28-39(52(50-32)33-14-11-29(2)12-15-33)48-43(54)47-37-17-18-38(35-10-7-6-9-34(35)37)56-40-19-20-45-42(49-40)46-36-16-13-31(27-30(36)3)41(53)44-21-22-51-23-25-55-26-24-51/h6-7,9-20,27-28H,4-5,8,21-26H2,1-3H3,(H,44,53)(H,45,46,49)(H2,47,48,54). The molecule has 0 bridgehead atoms. The number of urea groups is 1. The molecule has 1 aliphatic rings. The Labute approximate surface area is 326 Å². The third kappa shape index (κ3) is 9.49. The van der Waals surface area contributed by atoms with Crippen LogP contribution in [0.3, 0.4) is 0 Å². The first-order valence-electron chi connectivity index (χ1n) is 19.1. The predicted molar refractivity (Wildman–Crippen MR) is 220 cm³/mol. The molecule has 1 saturated heterocycles. The number of rotatable bonds is 14. The summed E-state index contributed by atoms with van der Waals surface area (Å²) in [6.45, 7) is 10.7. The van der Waals surface area contributed by atoms with Gasteiger partial charge in [-0.2, -0.15) is 10.1 Å². The van der Waals surface area contributed by atoms with Crippen LogP contribution in [0.1, 0.15) is 46.9 Å². The van der Waals surface area contributed by atoms with Crippen molar-refractivity contribution in [2.45, 2.75) is 40.0 Å². The fraction of sp³-hybridized carbons (Fsp3) is 0.279. The zero-order chi connectivity index (χ0) is 38.9. The zero-order valence-corrected chi connectivity index (χ0v) is 32.0. The number of ether oxygens (including phenoxy) is 2. The predicted octanol–water partition coefficient (Wildman–Crippen LogP) is 8.02. The topological polar surface area (TPSA) is 148 Å². The molecule has 7 rings (SSSR count). The van der Waals surface area contributed by atoms with Crippen molar-refractivity contribution in [3.63, 3.8) is 0 Å². The lowest BCUT2D eigenvalue weighted by atomic mass is 10.1. The molecule has 2 aromatic heterocycles. The number of morpholine rings is 1. The monoisotopic (exact) mass is 753 g/mol. The Morgan fingerprint density at radius 2 is 1.66 bits per heavy atom. The summed E-state index contributed by atoms with van der Waals surface area (Å²) in [5.74, 6) is 1.71. The van der Waals surface area contributed by atoms with E-state index in [-0.39, 0.29) is 5.91 Å². The third-order valence-electron chi connectivity index (χ3n) is 9.60. The summed E-state index contributed by atoms with van der Waals surface area (Å²) in [5.41, 5.74) is 5.77. The van der Waals surface area contributed by atoms with E-state index >= 15 is 0 Å². The summed E-state index contributed by atoms with van der Waals surface area (Å²) in [5, 5.41) is 18.7. The Balaban J connectivity index is 1.01. The van der Waals surface area contributed by atoms with Crippen LogP contribution < -0.4 is 26.0 Å². The number of aryl methyl sites for hydroxylation is 3. The van der Waals surface area contributed by atoms with Crippen LogP contribution in [0.5, 0.6) is 11.6 Å². The van der Waals surface area contributed by atoms with Crippen molar-refractivity contribution in [3.05, 3.63) is 120 Å². The Bertz CT molecular complexity index is 2300. The van der Waals surface area contributed by atoms with E-state index in [9.17, 15) is 9.59 Å². The number of carbonyl (C=O) groups is 2. The maximum atomic E-state index is 13.5. The minimum absolute atomic E-state index is 0.115. The number of anilines is 4. The van der Waals surface area contributed by atoms with E-state index < -0.39 is 6.03 Å². The van der Waals surface area contributed by atoms with Crippen LogP contribution in [0.25, 0.3) is 16.5 Å². The second kappa shape index (κ2) is 17.9. The van der Waals surface area contributed by atoms with Crippen LogP contribution in [0.4, 0.5) is 27.9 Å². The van der Waals surface area contributed by atoms with Gasteiger partial charge in [0.25, 0.3) is 5.91 Å². The third-order valence-corrected chi connectivity index (χ3v) is 9.60. The van der Waals surface area contributed by atoms with E-state index in [4.69, 9.17) is 14.6 Å². The molecule has 4 aromatic carbocycles.